The lowest BCUT2D eigenvalue weighted by Gasteiger charge is -2.07. The fraction of sp³-hybridized carbons (Fsp3) is 0.0667. The van der Waals surface area contributed by atoms with Crippen molar-refractivity contribution in [3.05, 3.63) is 58.3 Å². The second kappa shape index (κ2) is 5.35. The molecule has 2 heterocycles. The first-order valence-corrected chi connectivity index (χ1v) is 6.92. The van der Waals surface area contributed by atoms with E-state index in [1.54, 1.807) is 12.3 Å². The van der Waals surface area contributed by atoms with Crippen molar-refractivity contribution in [2.75, 3.05) is 5.32 Å². The number of hydrogen-bond acceptors (Lipinski definition) is 3. The molecule has 0 amide bonds. The summed E-state index contributed by atoms with van der Waals surface area (Å²) in [6, 6.07) is 11.8. The molecule has 0 radical (unpaired) electrons. The van der Waals surface area contributed by atoms with Crippen LogP contribution in [0, 0.1) is 11.3 Å². The molecule has 4 nitrogen and oxygen atoms in total. The Kier molecular flexibility index (Phi) is 3.40. The van der Waals surface area contributed by atoms with E-state index in [1.165, 1.54) is 0 Å². The zero-order chi connectivity index (χ0) is 13.9. The van der Waals surface area contributed by atoms with E-state index >= 15 is 0 Å². The quantitative estimate of drug-likeness (QED) is 0.769. The average Bonchev–Trinajstić information content (AvgIpc) is 2.89. The molecule has 0 spiro atoms. The number of halogens is 1. The molecular formula is C15H11BrN4. The number of benzene rings is 1. The minimum absolute atomic E-state index is 0.623. The third kappa shape index (κ3) is 2.38. The van der Waals surface area contributed by atoms with Gasteiger partial charge in [-0.2, -0.15) is 5.26 Å². The van der Waals surface area contributed by atoms with Gasteiger partial charge in [0.15, 0.2) is 0 Å². The van der Waals surface area contributed by atoms with Crippen LogP contribution >= 0.6 is 15.9 Å². The molecule has 0 unspecified atom stereocenters. The van der Waals surface area contributed by atoms with Crippen molar-refractivity contribution in [3.63, 3.8) is 0 Å². The molecule has 0 aliphatic carbocycles. The van der Waals surface area contributed by atoms with Gasteiger partial charge in [-0.3, -0.25) is 0 Å². The molecule has 0 saturated carbocycles. The Morgan fingerprint density at radius 1 is 1.35 bits per heavy atom. The molecule has 0 aliphatic rings. The van der Waals surface area contributed by atoms with Crippen molar-refractivity contribution in [1.29, 1.82) is 5.26 Å². The van der Waals surface area contributed by atoms with Crippen molar-refractivity contribution < 1.29 is 0 Å². The van der Waals surface area contributed by atoms with Crippen LogP contribution in [0.3, 0.4) is 0 Å². The number of nitrogens with one attached hydrogen (secondary N) is 2. The van der Waals surface area contributed by atoms with Crippen LogP contribution < -0.4 is 5.32 Å². The van der Waals surface area contributed by atoms with Gasteiger partial charge in [0.1, 0.15) is 11.7 Å². The minimum atomic E-state index is 0.623. The number of aromatic amines is 1. The van der Waals surface area contributed by atoms with Crippen LogP contribution in [-0.2, 0) is 6.54 Å². The predicted molar refractivity (Wildman–Crippen MR) is 82.3 cm³/mol. The number of nitriles is 1. The first kappa shape index (κ1) is 12.7. The lowest BCUT2D eigenvalue weighted by molar-refractivity contribution is 1.16. The molecule has 3 aromatic rings. The Hall–Kier alpha value is -2.32. The molecular weight excluding hydrogens is 316 g/mol. The highest BCUT2D eigenvalue weighted by atomic mass is 79.9. The van der Waals surface area contributed by atoms with Gasteiger partial charge < -0.3 is 10.3 Å². The van der Waals surface area contributed by atoms with E-state index in [9.17, 15) is 0 Å². The second-order valence-electron chi connectivity index (χ2n) is 4.37. The van der Waals surface area contributed by atoms with Crippen molar-refractivity contribution in [2.24, 2.45) is 0 Å². The van der Waals surface area contributed by atoms with Gasteiger partial charge in [0.05, 0.1) is 11.3 Å². The Morgan fingerprint density at radius 2 is 2.25 bits per heavy atom. The van der Waals surface area contributed by atoms with E-state index < -0.39 is 0 Å². The highest BCUT2D eigenvalue weighted by molar-refractivity contribution is 9.10. The number of rotatable bonds is 3. The SMILES string of the molecule is N#Cc1cc(Br)ccc1NCc1c[nH]c2ncccc12. The lowest BCUT2D eigenvalue weighted by Crippen LogP contribution is -2.00. The molecule has 0 saturated heterocycles. The number of aromatic nitrogens is 2. The van der Waals surface area contributed by atoms with Crippen molar-refractivity contribution >= 4 is 32.7 Å². The van der Waals surface area contributed by atoms with E-state index in [0.717, 1.165) is 26.8 Å². The van der Waals surface area contributed by atoms with E-state index in [0.29, 0.717) is 12.1 Å². The standard InChI is InChI=1S/C15H11BrN4/c16-12-3-4-14(10(6-12)7-17)19-8-11-9-20-15-13(11)2-1-5-18-15/h1-6,9,19H,8H2,(H,18,20). The third-order valence-corrected chi connectivity index (χ3v) is 3.60. The molecule has 0 bridgehead atoms. The van der Waals surface area contributed by atoms with Gasteiger partial charge >= 0.3 is 0 Å². The summed E-state index contributed by atoms with van der Waals surface area (Å²) >= 11 is 3.37. The van der Waals surface area contributed by atoms with E-state index in [2.05, 4.69) is 37.3 Å². The second-order valence-corrected chi connectivity index (χ2v) is 5.28. The molecule has 0 fully saturated rings. The smallest absolute Gasteiger partial charge is 0.137 e. The van der Waals surface area contributed by atoms with Crippen LogP contribution in [0.4, 0.5) is 5.69 Å². The van der Waals surface area contributed by atoms with Crippen LogP contribution in [-0.4, -0.2) is 9.97 Å². The molecule has 3 rings (SSSR count). The summed E-state index contributed by atoms with van der Waals surface area (Å²) in [4.78, 5) is 7.40. The van der Waals surface area contributed by atoms with E-state index in [-0.39, 0.29) is 0 Å². The molecule has 0 atom stereocenters. The predicted octanol–water partition coefficient (Wildman–Crippen LogP) is 3.81. The maximum atomic E-state index is 9.14. The molecule has 0 aliphatic heterocycles. The van der Waals surface area contributed by atoms with Crippen LogP contribution in [0.2, 0.25) is 0 Å². The molecule has 5 heteroatoms. The van der Waals surface area contributed by atoms with Gasteiger partial charge in [0.2, 0.25) is 0 Å². The number of nitrogens with zero attached hydrogens (tertiary/aromatic N) is 2. The molecule has 1 aromatic carbocycles. The number of fused-ring (bicyclic) bond motifs is 1. The van der Waals surface area contributed by atoms with Crippen LogP contribution in [0.25, 0.3) is 11.0 Å². The third-order valence-electron chi connectivity index (χ3n) is 3.11. The summed E-state index contributed by atoms with van der Waals surface area (Å²) in [5.41, 5.74) is 3.45. The highest BCUT2D eigenvalue weighted by Gasteiger charge is 2.06. The molecule has 2 aromatic heterocycles. The summed E-state index contributed by atoms with van der Waals surface area (Å²) < 4.78 is 0.899. The van der Waals surface area contributed by atoms with Gasteiger partial charge in [-0.15, -0.1) is 0 Å². The van der Waals surface area contributed by atoms with Crippen LogP contribution in [0.15, 0.2) is 47.2 Å². The van der Waals surface area contributed by atoms with Crippen molar-refractivity contribution in [1.82, 2.24) is 9.97 Å². The fourth-order valence-corrected chi connectivity index (χ4v) is 2.47. The van der Waals surface area contributed by atoms with E-state index in [4.69, 9.17) is 5.26 Å². The normalized spacial score (nSPS) is 10.4. The zero-order valence-electron chi connectivity index (χ0n) is 10.5. The summed E-state index contributed by atoms with van der Waals surface area (Å²) in [6.45, 7) is 0.641. The van der Waals surface area contributed by atoms with Crippen molar-refractivity contribution in [2.45, 2.75) is 6.54 Å². The summed E-state index contributed by atoms with van der Waals surface area (Å²) in [6.07, 6.45) is 3.70. The first-order chi connectivity index (χ1) is 9.78. The Labute approximate surface area is 124 Å². The van der Waals surface area contributed by atoms with E-state index in [1.807, 2.05) is 30.5 Å². The number of anilines is 1. The van der Waals surface area contributed by atoms with Gasteiger partial charge in [-0.25, -0.2) is 4.98 Å². The monoisotopic (exact) mass is 326 g/mol. The van der Waals surface area contributed by atoms with Gasteiger partial charge in [0, 0.05) is 28.8 Å². The number of hydrogen-bond donors (Lipinski definition) is 2. The lowest BCUT2D eigenvalue weighted by atomic mass is 10.1. The first-order valence-electron chi connectivity index (χ1n) is 6.12. The maximum absolute atomic E-state index is 9.14. The highest BCUT2D eigenvalue weighted by Crippen LogP contribution is 2.22. The number of H-pyrrole nitrogens is 1. The summed E-state index contributed by atoms with van der Waals surface area (Å²) in [5, 5.41) is 13.5. The zero-order valence-corrected chi connectivity index (χ0v) is 12.1. The minimum Gasteiger partial charge on any atom is -0.380 e. The summed E-state index contributed by atoms with van der Waals surface area (Å²) in [5.74, 6) is 0. The topological polar surface area (TPSA) is 64.5 Å². The molecule has 98 valence electrons. The summed E-state index contributed by atoms with van der Waals surface area (Å²) in [7, 11) is 0. The molecule has 2 N–H and O–H groups in total. The maximum Gasteiger partial charge on any atom is 0.137 e. The molecule has 20 heavy (non-hydrogen) atoms. The Bertz CT molecular complexity index is 801. The van der Waals surface area contributed by atoms with Gasteiger partial charge in [-0.05, 0) is 35.9 Å². The van der Waals surface area contributed by atoms with Gasteiger partial charge in [-0.1, -0.05) is 15.9 Å². The van der Waals surface area contributed by atoms with Crippen LogP contribution in [0.5, 0.6) is 0 Å². The number of pyridine rings is 1. The Morgan fingerprint density at radius 3 is 3.10 bits per heavy atom. The van der Waals surface area contributed by atoms with Crippen molar-refractivity contribution in [3.8, 4) is 6.07 Å². The largest absolute Gasteiger partial charge is 0.380 e. The average molecular weight is 327 g/mol. The van der Waals surface area contributed by atoms with Gasteiger partial charge in [0.25, 0.3) is 0 Å². The fourth-order valence-electron chi connectivity index (χ4n) is 2.11. The van der Waals surface area contributed by atoms with Crippen LogP contribution in [0.1, 0.15) is 11.1 Å². The Balaban J connectivity index is 1.85.